The monoisotopic (exact) mass is 428 g/mol. The molecule has 97 valence electrons. The third-order valence-electron chi connectivity index (χ3n) is 0.167. The van der Waals surface area contributed by atoms with Gasteiger partial charge >= 0.3 is 28.2 Å². The summed E-state index contributed by atoms with van der Waals surface area (Å²) in [7, 11) is 4.61. The van der Waals surface area contributed by atoms with E-state index in [2.05, 4.69) is 9.42 Å². The second kappa shape index (κ2) is 114. The van der Waals surface area contributed by atoms with Gasteiger partial charge in [-0.2, -0.15) is 0 Å². The minimum absolute atomic E-state index is 0.597. The Morgan fingerprint density at radius 1 is 0.867 bits per heavy atom. The van der Waals surface area contributed by atoms with Crippen LogP contribution < -0.4 is 11.5 Å². The van der Waals surface area contributed by atoms with Gasteiger partial charge in [-0.05, 0) is 0 Å². The van der Waals surface area contributed by atoms with Crippen molar-refractivity contribution in [3.8, 4) is 0 Å². The first kappa shape index (κ1) is 29.2. The maximum atomic E-state index is 8.00. The van der Waals surface area contributed by atoms with E-state index in [1.165, 1.54) is 0 Å². The van der Waals surface area contributed by atoms with Crippen LogP contribution in [0.5, 0.6) is 0 Å². The SMILES string of the molecule is NCCN.O=N[O-].O=N[O-].O=N[O-].[Cl][Pt]. The molecular formula is C2H8ClN5O6Pt-3. The van der Waals surface area contributed by atoms with Crippen LogP contribution in [0.2, 0.25) is 0 Å². The van der Waals surface area contributed by atoms with Gasteiger partial charge in [-0.3, -0.25) is 0 Å². The first-order valence-electron chi connectivity index (χ1n) is 2.53. The van der Waals surface area contributed by atoms with Gasteiger partial charge in [0.15, 0.2) is 0 Å². The predicted molar refractivity (Wildman–Crippen MR) is 51.4 cm³/mol. The third-order valence-corrected chi connectivity index (χ3v) is 0.167. The molecule has 0 spiro atoms. The van der Waals surface area contributed by atoms with Crippen LogP contribution in [-0.2, 0) is 18.8 Å². The Kier molecular flexibility index (Phi) is 222. The molecule has 0 amide bonds. The number of hydrogen-bond donors (Lipinski definition) is 2. The molecule has 0 rings (SSSR count). The summed E-state index contributed by atoms with van der Waals surface area (Å²) in [6, 6.07) is 0. The van der Waals surface area contributed by atoms with E-state index < -0.39 is 0 Å². The Balaban J connectivity index is -0.0000000283. The molecule has 0 aliphatic rings. The molecule has 0 bridgehead atoms. The maximum absolute atomic E-state index is 8.00. The zero-order valence-corrected chi connectivity index (χ0v) is 10.1. The summed E-state index contributed by atoms with van der Waals surface area (Å²) in [5.74, 6) is 0. The first-order chi connectivity index (χ1) is 7.16. The number of halogens is 1. The van der Waals surface area contributed by atoms with Gasteiger partial charge in [0.05, 0.1) is 0 Å². The van der Waals surface area contributed by atoms with Crippen molar-refractivity contribution < 1.29 is 18.8 Å². The van der Waals surface area contributed by atoms with E-state index in [1.807, 2.05) is 0 Å². The average Bonchev–Trinajstić information content (AvgIpc) is 2.24. The molecule has 15 heavy (non-hydrogen) atoms. The Morgan fingerprint density at radius 3 is 0.933 bits per heavy atom. The molecule has 0 aromatic carbocycles. The van der Waals surface area contributed by atoms with Gasteiger partial charge in [-0.1, -0.05) is 0 Å². The molecule has 0 aliphatic carbocycles. The normalized spacial score (nSPS) is 4.87. The summed E-state index contributed by atoms with van der Waals surface area (Å²) in [4.78, 5) is 24.0. The summed E-state index contributed by atoms with van der Waals surface area (Å²) in [6.07, 6.45) is 0. The van der Waals surface area contributed by atoms with E-state index in [9.17, 15) is 0 Å². The Bertz CT molecular complexity index is 83.3. The fraction of sp³-hybridized carbons (Fsp3) is 1.00. The molecule has 0 heterocycles. The molecule has 0 aromatic rings. The Hall–Kier alpha value is -0.902. The first-order valence-corrected chi connectivity index (χ1v) is 5.35. The quantitative estimate of drug-likeness (QED) is 0.438. The molecular weight excluding hydrogens is 421 g/mol. The van der Waals surface area contributed by atoms with E-state index >= 15 is 0 Å². The van der Waals surface area contributed by atoms with Crippen molar-refractivity contribution in [1.29, 1.82) is 0 Å². The molecule has 0 fully saturated rings. The molecule has 11 nitrogen and oxygen atoms in total. The van der Waals surface area contributed by atoms with Gasteiger partial charge in [0.1, 0.15) is 0 Å². The molecule has 0 aliphatic heterocycles. The van der Waals surface area contributed by atoms with Crippen molar-refractivity contribution in [2.24, 2.45) is 27.5 Å². The van der Waals surface area contributed by atoms with E-state index in [0.29, 0.717) is 13.1 Å². The average molecular weight is 429 g/mol. The van der Waals surface area contributed by atoms with Crippen LogP contribution in [0.15, 0.2) is 16.0 Å². The number of nitrogens with two attached hydrogens (primary N) is 2. The second-order valence-electron chi connectivity index (χ2n) is 0.801. The molecule has 0 aromatic heterocycles. The Labute approximate surface area is 99.4 Å². The van der Waals surface area contributed by atoms with E-state index in [0.717, 1.165) is 16.0 Å². The van der Waals surface area contributed by atoms with E-state index in [1.54, 1.807) is 18.8 Å². The molecule has 0 radical (unpaired) electrons. The summed E-state index contributed by atoms with van der Waals surface area (Å²) in [6.45, 7) is 1.19. The molecule has 13 heteroatoms. The topological polar surface area (TPSA) is 210 Å². The van der Waals surface area contributed by atoms with E-state index in [-0.39, 0.29) is 0 Å². The summed E-state index contributed by atoms with van der Waals surface area (Å²) in [5, 5.41) is 27.0. The predicted octanol–water partition coefficient (Wildman–Crippen LogP) is 0.343. The van der Waals surface area contributed by atoms with Crippen molar-refractivity contribution in [1.82, 2.24) is 0 Å². The number of nitrogens with zero attached hydrogens (tertiary/aromatic N) is 3. The van der Waals surface area contributed by atoms with Crippen molar-refractivity contribution in [2.45, 2.75) is 0 Å². The summed E-state index contributed by atoms with van der Waals surface area (Å²) < 4.78 is 0. The fourth-order valence-corrected chi connectivity index (χ4v) is 0. The Morgan fingerprint density at radius 2 is 0.933 bits per heavy atom. The van der Waals surface area contributed by atoms with E-state index in [4.69, 9.17) is 41.8 Å². The van der Waals surface area contributed by atoms with Crippen LogP contribution in [0, 0.1) is 30.3 Å². The number of hydrogen-bond acceptors (Lipinski definition) is 11. The number of rotatable bonds is 1. The summed E-state index contributed by atoms with van der Waals surface area (Å²) in [5.41, 5.74) is 9.81. The second-order valence-corrected chi connectivity index (χ2v) is 0.801. The molecule has 0 atom stereocenters. The molecule has 0 unspecified atom stereocenters. The van der Waals surface area contributed by atoms with Crippen LogP contribution in [0.25, 0.3) is 0 Å². The van der Waals surface area contributed by atoms with Crippen molar-refractivity contribution in [3.05, 3.63) is 30.3 Å². The minimum atomic E-state index is 0.597. The van der Waals surface area contributed by atoms with Gasteiger partial charge in [0.25, 0.3) is 0 Å². The van der Waals surface area contributed by atoms with Gasteiger partial charge in [0, 0.05) is 13.1 Å². The zero-order valence-electron chi connectivity index (χ0n) is 7.05. The fourth-order valence-electron chi connectivity index (χ4n) is 0. The van der Waals surface area contributed by atoms with Crippen molar-refractivity contribution in [3.63, 3.8) is 0 Å². The van der Waals surface area contributed by atoms with Crippen molar-refractivity contribution >= 4 is 9.42 Å². The van der Waals surface area contributed by atoms with Crippen LogP contribution in [0.3, 0.4) is 0 Å². The zero-order chi connectivity index (χ0) is 13.5. The third kappa shape index (κ3) is 167000. The van der Waals surface area contributed by atoms with Gasteiger partial charge in [0.2, 0.25) is 0 Å². The van der Waals surface area contributed by atoms with Crippen LogP contribution in [0.1, 0.15) is 0 Å². The van der Waals surface area contributed by atoms with Crippen LogP contribution in [0.4, 0.5) is 0 Å². The molecule has 4 N–H and O–H groups in total. The molecule has 0 saturated carbocycles. The van der Waals surface area contributed by atoms with Crippen LogP contribution in [-0.4, -0.2) is 13.1 Å². The van der Waals surface area contributed by atoms with Crippen molar-refractivity contribution in [2.75, 3.05) is 13.1 Å². The van der Waals surface area contributed by atoms with Gasteiger partial charge < -0.3 is 41.8 Å². The van der Waals surface area contributed by atoms with Crippen LogP contribution >= 0.6 is 9.42 Å². The standard InChI is InChI=1S/C2H8N2.ClH.3HNO2.Pt/c3-1-2-4;;3*2-1-3;/h1-4H2;1H;3*(H,2,3);/q;;;;;+1/p-4. The van der Waals surface area contributed by atoms with Gasteiger partial charge in [-0.15, -0.1) is 16.0 Å². The van der Waals surface area contributed by atoms with Gasteiger partial charge in [-0.25, -0.2) is 0 Å². The molecule has 0 saturated heterocycles. The summed E-state index contributed by atoms with van der Waals surface area (Å²) >= 11 is 1.61.